The van der Waals surface area contributed by atoms with Crippen molar-refractivity contribution in [3.8, 4) is 5.75 Å². The predicted molar refractivity (Wildman–Crippen MR) is 63.9 cm³/mol. The summed E-state index contributed by atoms with van der Waals surface area (Å²) in [5, 5.41) is 8.42. The average molecular weight is 241 g/mol. The lowest BCUT2D eigenvalue weighted by Gasteiger charge is -2.02. The molecule has 0 saturated carbocycles. The lowest BCUT2D eigenvalue weighted by molar-refractivity contribution is -0.139. The Labute approximate surface area is 99.3 Å². The van der Waals surface area contributed by atoms with Gasteiger partial charge in [-0.25, -0.2) is 4.79 Å². The van der Waals surface area contributed by atoms with Crippen LogP contribution < -0.4 is 4.74 Å². The third-order valence-corrected chi connectivity index (χ3v) is 2.05. The summed E-state index contributed by atoms with van der Waals surface area (Å²) in [7, 11) is 0. The molecule has 16 heavy (non-hydrogen) atoms. The lowest BCUT2D eigenvalue weighted by atomic mass is 10.2. The monoisotopic (exact) mass is 240 g/mol. The number of rotatable bonds is 6. The Hall–Kier alpha value is -1.48. The number of alkyl halides is 1. The van der Waals surface area contributed by atoms with Gasteiger partial charge in [0.05, 0.1) is 0 Å². The number of ether oxygens (including phenoxy) is 1. The van der Waals surface area contributed by atoms with Gasteiger partial charge in [-0.2, -0.15) is 0 Å². The number of carboxylic acid groups (broad SMARTS) is 1. The Bertz CT molecular complexity index is 357. The second-order valence-electron chi connectivity index (χ2n) is 3.13. The molecule has 4 heteroatoms. The van der Waals surface area contributed by atoms with Crippen LogP contribution in [-0.2, 0) is 4.79 Å². The molecule has 0 aromatic heterocycles. The number of carbonyl (C=O) groups is 1. The van der Waals surface area contributed by atoms with Crippen molar-refractivity contribution < 1.29 is 14.6 Å². The Morgan fingerprint density at radius 2 is 2.06 bits per heavy atom. The highest BCUT2D eigenvalue weighted by Gasteiger charge is 1.98. The van der Waals surface area contributed by atoms with Gasteiger partial charge in [0, 0.05) is 5.88 Å². The second kappa shape index (κ2) is 6.90. The Balaban J connectivity index is 2.50. The summed E-state index contributed by atoms with van der Waals surface area (Å²) in [4.78, 5) is 10.3. The maximum Gasteiger partial charge on any atom is 0.341 e. The topological polar surface area (TPSA) is 46.5 Å². The smallest absolute Gasteiger partial charge is 0.341 e. The number of carboxylic acids is 1. The van der Waals surface area contributed by atoms with Gasteiger partial charge < -0.3 is 9.84 Å². The largest absolute Gasteiger partial charge is 0.482 e. The molecule has 1 aromatic rings. The van der Waals surface area contributed by atoms with E-state index in [0.717, 1.165) is 12.0 Å². The molecule has 0 bridgehead atoms. The van der Waals surface area contributed by atoms with Gasteiger partial charge in [-0.3, -0.25) is 0 Å². The highest BCUT2D eigenvalue weighted by Crippen LogP contribution is 2.13. The van der Waals surface area contributed by atoms with Gasteiger partial charge in [-0.1, -0.05) is 24.3 Å². The fourth-order valence-electron chi connectivity index (χ4n) is 1.10. The van der Waals surface area contributed by atoms with Crippen LogP contribution >= 0.6 is 11.6 Å². The van der Waals surface area contributed by atoms with E-state index in [1.54, 1.807) is 12.1 Å². The summed E-state index contributed by atoms with van der Waals surface area (Å²) in [6.45, 7) is -0.318. The normalized spacial score (nSPS) is 10.6. The summed E-state index contributed by atoms with van der Waals surface area (Å²) < 4.78 is 5.00. The van der Waals surface area contributed by atoms with E-state index in [1.165, 1.54) is 0 Å². The van der Waals surface area contributed by atoms with E-state index in [0.29, 0.717) is 11.6 Å². The highest BCUT2D eigenvalue weighted by atomic mass is 35.5. The molecular formula is C12H13ClO3. The summed E-state index contributed by atoms with van der Waals surface area (Å²) in [6.07, 6.45) is 4.78. The van der Waals surface area contributed by atoms with Crippen molar-refractivity contribution in [2.75, 3.05) is 12.5 Å². The SMILES string of the molecule is O=C(O)COc1ccc(C=CCCCl)cc1. The molecule has 0 fully saturated rings. The average Bonchev–Trinajstić information content (AvgIpc) is 2.28. The zero-order valence-corrected chi connectivity index (χ0v) is 9.48. The number of hydrogen-bond acceptors (Lipinski definition) is 2. The highest BCUT2D eigenvalue weighted by molar-refractivity contribution is 6.17. The Morgan fingerprint density at radius 1 is 1.38 bits per heavy atom. The molecule has 0 aliphatic carbocycles. The first-order valence-corrected chi connectivity index (χ1v) is 5.43. The van der Waals surface area contributed by atoms with Crippen molar-refractivity contribution in [1.82, 2.24) is 0 Å². The van der Waals surface area contributed by atoms with E-state index in [1.807, 2.05) is 24.3 Å². The third kappa shape index (κ3) is 4.84. The van der Waals surface area contributed by atoms with Crippen molar-refractivity contribution in [3.05, 3.63) is 35.9 Å². The van der Waals surface area contributed by atoms with Crippen molar-refractivity contribution in [1.29, 1.82) is 0 Å². The molecule has 3 nitrogen and oxygen atoms in total. The van der Waals surface area contributed by atoms with E-state index in [9.17, 15) is 4.79 Å². The first-order chi connectivity index (χ1) is 7.72. The summed E-state index contributed by atoms with van der Waals surface area (Å²) >= 11 is 5.54. The number of aliphatic carboxylic acids is 1. The van der Waals surface area contributed by atoms with Crippen molar-refractivity contribution in [2.24, 2.45) is 0 Å². The van der Waals surface area contributed by atoms with Crippen LogP contribution in [-0.4, -0.2) is 23.6 Å². The number of halogens is 1. The van der Waals surface area contributed by atoms with E-state index in [-0.39, 0.29) is 6.61 Å². The van der Waals surface area contributed by atoms with Gasteiger partial charge in [0.25, 0.3) is 0 Å². The number of benzene rings is 1. The van der Waals surface area contributed by atoms with E-state index < -0.39 is 5.97 Å². The molecule has 0 amide bonds. The zero-order chi connectivity index (χ0) is 11.8. The summed E-state index contributed by atoms with van der Waals surface area (Å²) in [5.41, 5.74) is 1.03. The van der Waals surface area contributed by atoms with Gasteiger partial charge in [0.1, 0.15) is 5.75 Å². The van der Waals surface area contributed by atoms with Crippen molar-refractivity contribution in [3.63, 3.8) is 0 Å². The molecule has 0 aliphatic rings. The van der Waals surface area contributed by atoms with Crippen molar-refractivity contribution >= 4 is 23.6 Å². The standard InChI is InChI=1S/C12H13ClO3/c13-8-2-1-3-10-4-6-11(7-5-10)16-9-12(14)15/h1,3-7H,2,8-9H2,(H,14,15). The van der Waals surface area contributed by atoms with Gasteiger partial charge in [-0.15, -0.1) is 11.6 Å². The zero-order valence-electron chi connectivity index (χ0n) is 8.73. The van der Waals surface area contributed by atoms with Crippen LogP contribution in [0.4, 0.5) is 0 Å². The molecular weight excluding hydrogens is 228 g/mol. The molecule has 0 heterocycles. The van der Waals surface area contributed by atoms with Crippen LogP contribution in [0.3, 0.4) is 0 Å². The molecule has 86 valence electrons. The second-order valence-corrected chi connectivity index (χ2v) is 3.51. The predicted octanol–water partition coefficient (Wildman–Crippen LogP) is 2.79. The third-order valence-electron chi connectivity index (χ3n) is 1.83. The molecule has 0 saturated heterocycles. The van der Waals surface area contributed by atoms with Gasteiger partial charge >= 0.3 is 5.97 Å². The van der Waals surface area contributed by atoms with Crippen LogP contribution in [0.5, 0.6) is 5.75 Å². The molecule has 0 radical (unpaired) electrons. The fraction of sp³-hybridized carbons (Fsp3) is 0.250. The maximum absolute atomic E-state index is 10.3. The van der Waals surface area contributed by atoms with E-state index >= 15 is 0 Å². The number of allylic oxidation sites excluding steroid dienone is 1. The Kier molecular flexibility index (Phi) is 5.43. The molecule has 0 spiro atoms. The maximum atomic E-state index is 10.3. The van der Waals surface area contributed by atoms with E-state index in [4.69, 9.17) is 21.4 Å². The van der Waals surface area contributed by atoms with Gasteiger partial charge in [-0.05, 0) is 24.1 Å². The van der Waals surface area contributed by atoms with Crippen LogP contribution in [0.15, 0.2) is 30.3 Å². The van der Waals surface area contributed by atoms with E-state index in [2.05, 4.69) is 0 Å². The lowest BCUT2D eigenvalue weighted by Crippen LogP contribution is -2.09. The molecule has 1 N–H and O–H groups in total. The quantitative estimate of drug-likeness (QED) is 0.778. The molecule has 1 aromatic carbocycles. The fourth-order valence-corrected chi connectivity index (χ4v) is 1.23. The molecule has 0 unspecified atom stereocenters. The van der Waals surface area contributed by atoms with Gasteiger partial charge in [0.2, 0.25) is 0 Å². The number of hydrogen-bond donors (Lipinski definition) is 1. The molecule has 1 rings (SSSR count). The molecule has 0 aliphatic heterocycles. The summed E-state index contributed by atoms with van der Waals surface area (Å²) in [5.74, 6) is 0.180. The molecule has 0 atom stereocenters. The van der Waals surface area contributed by atoms with Crippen LogP contribution in [0.2, 0.25) is 0 Å². The first-order valence-electron chi connectivity index (χ1n) is 4.89. The summed E-state index contributed by atoms with van der Waals surface area (Å²) in [6, 6.07) is 7.20. The minimum Gasteiger partial charge on any atom is -0.482 e. The Morgan fingerprint density at radius 3 is 2.62 bits per heavy atom. The van der Waals surface area contributed by atoms with Crippen LogP contribution in [0.1, 0.15) is 12.0 Å². The minimum absolute atomic E-state index is 0.318. The van der Waals surface area contributed by atoms with Gasteiger partial charge in [0.15, 0.2) is 6.61 Å². The van der Waals surface area contributed by atoms with Crippen LogP contribution in [0.25, 0.3) is 6.08 Å². The van der Waals surface area contributed by atoms with Crippen LogP contribution in [0, 0.1) is 0 Å². The first kappa shape index (κ1) is 12.6. The van der Waals surface area contributed by atoms with Crippen molar-refractivity contribution in [2.45, 2.75) is 6.42 Å². The minimum atomic E-state index is -0.980.